The number of aromatic carboxylic acids is 1. The van der Waals surface area contributed by atoms with Gasteiger partial charge in [0.25, 0.3) is 0 Å². The van der Waals surface area contributed by atoms with E-state index in [-0.39, 0.29) is 17.7 Å². The van der Waals surface area contributed by atoms with Crippen molar-refractivity contribution in [3.63, 3.8) is 0 Å². The van der Waals surface area contributed by atoms with E-state index in [2.05, 4.69) is 20.3 Å². The van der Waals surface area contributed by atoms with Gasteiger partial charge in [0.15, 0.2) is 5.69 Å². The Balaban J connectivity index is 2.29. The summed E-state index contributed by atoms with van der Waals surface area (Å²) in [5, 5.41) is 12.4. The van der Waals surface area contributed by atoms with Gasteiger partial charge >= 0.3 is 5.97 Å². The molecule has 0 aliphatic heterocycles. The third kappa shape index (κ3) is 3.53. The first-order valence-corrected chi connectivity index (χ1v) is 6.76. The highest BCUT2D eigenvalue weighted by molar-refractivity contribution is 5.91. The molecule has 6 heteroatoms. The number of carbonyl (C=O) groups is 1. The van der Waals surface area contributed by atoms with Crippen molar-refractivity contribution < 1.29 is 9.90 Å². The van der Waals surface area contributed by atoms with E-state index < -0.39 is 5.97 Å². The first-order valence-electron chi connectivity index (χ1n) is 6.76. The van der Waals surface area contributed by atoms with Crippen LogP contribution in [0, 0.1) is 0 Å². The van der Waals surface area contributed by atoms with Crippen LogP contribution in [0.1, 0.15) is 54.7 Å². The summed E-state index contributed by atoms with van der Waals surface area (Å²) in [4.78, 5) is 23.9. The average Bonchev–Trinajstić information content (AvgIpc) is 2.48. The van der Waals surface area contributed by atoms with E-state index in [1.54, 1.807) is 6.20 Å². The maximum atomic E-state index is 11.4. The number of hydrogen-bond acceptors (Lipinski definition) is 5. The first-order chi connectivity index (χ1) is 9.99. The molecular weight excluding hydrogens is 268 g/mol. The Labute approximate surface area is 123 Å². The average molecular weight is 286 g/mol. The van der Waals surface area contributed by atoms with Crippen molar-refractivity contribution in [3.8, 4) is 0 Å². The predicted molar refractivity (Wildman–Crippen MR) is 79.4 cm³/mol. The van der Waals surface area contributed by atoms with E-state index in [4.69, 9.17) is 0 Å². The Bertz CT molecular complexity index is 629. The number of carboxylic acid groups (broad SMARTS) is 1. The van der Waals surface area contributed by atoms with E-state index in [1.807, 2.05) is 39.0 Å². The molecule has 0 aromatic carbocycles. The van der Waals surface area contributed by atoms with Crippen molar-refractivity contribution in [2.24, 2.45) is 0 Å². The summed E-state index contributed by atoms with van der Waals surface area (Å²) in [6.07, 6.45) is 3.22. The fraction of sp³-hybridized carbons (Fsp3) is 0.333. The maximum Gasteiger partial charge on any atom is 0.356 e. The molecular formula is C15H18N4O2. The molecule has 0 radical (unpaired) electrons. The molecule has 0 fully saturated rings. The molecule has 2 aromatic heterocycles. The van der Waals surface area contributed by atoms with Crippen molar-refractivity contribution in [2.45, 2.75) is 32.7 Å². The smallest absolute Gasteiger partial charge is 0.356 e. The summed E-state index contributed by atoms with van der Waals surface area (Å²) in [7, 11) is 0. The van der Waals surface area contributed by atoms with Crippen LogP contribution in [0.15, 0.2) is 30.6 Å². The zero-order valence-corrected chi connectivity index (χ0v) is 12.2. The van der Waals surface area contributed by atoms with Crippen molar-refractivity contribution in [1.82, 2.24) is 15.0 Å². The van der Waals surface area contributed by atoms with Crippen molar-refractivity contribution in [1.29, 1.82) is 0 Å². The van der Waals surface area contributed by atoms with Gasteiger partial charge in [0.05, 0.1) is 23.6 Å². The lowest BCUT2D eigenvalue weighted by Crippen LogP contribution is -2.15. The molecule has 2 rings (SSSR count). The fourth-order valence-electron chi connectivity index (χ4n) is 1.88. The second-order valence-corrected chi connectivity index (χ2v) is 5.07. The van der Waals surface area contributed by atoms with Gasteiger partial charge in [-0.2, -0.15) is 0 Å². The van der Waals surface area contributed by atoms with Gasteiger partial charge in [-0.1, -0.05) is 19.9 Å². The molecule has 0 saturated carbocycles. The van der Waals surface area contributed by atoms with Crippen LogP contribution >= 0.6 is 0 Å². The molecule has 0 spiro atoms. The summed E-state index contributed by atoms with van der Waals surface area (Å²) in [5.74, 6) is -0.483. The van der Waals surface area contributed by atoms with E-state index in [1.165, 1.54) is 6.20 Å². The van der Waals surface area contributed by atoms with Gasteiger partial charge in [0.1, 0.15) is 5.82 Å². The molecule has 21 heavy (non-hydrogen) atoms. The molecule has 1 atom stereocenters. The van der Waals surface area contributed by atoms with Gasteiger partial charge in [0.2, 0.25) is 0 Å². The van der Waals surface area contributed by atoms with Gasteiger partial charge in [-0.15, -0.1) is 0 Å². The number of carboxylic acids is 1. The summed E-state index contributed by atoms with van der Waals surface area (Å²) >= 11 is 0. The van der Waals surface area contributed by atoms with E-state index >= 15 is 0 Å². The normalized spacial score (nSPS) is 12.2. The SMILES string of the molecule is CC(C)c1ncc(NC(C)c2ccccn2)c(C(=O)O)n1. The summed E-state index contributed by atoms with van der Waals surface area (Å²) in [5.41, 5.74) is 1.20. The largest absolute Gasteiger partial charge is 0.476 e. The number of rotatable bonds is 5. The highest BCUT2D eigenvalue weighted by Gasteiger charge is 2.17. The molecule has 0 bridgehead atoms. The molecule has 0 amide bonds. The van der Waals surface area contributed by atoms with Crippen LogP contribution in [0.5, 0.6) is 0 Å². The first kappa shape index (κ1) is 14.9. The third-order valence-electron chi connectivity index (χ3n) is 3.03. The van der Waals surface area contributed by atoms with Crippen molar-refractivity contribution >= 4 is 11.7 Å². The van der Waals surface area contributed by atoms with Crippen LogP contribution in [0.2, 0.25) is 0 Å². The molecule has 110 valence electrons. The van der Waals surface area contributed by atoms with E-state index in [9.17, 15) is 9.90 Å². The third-order valence-corrected chi connectivity index (χ3v) is 3.03. The molecule has 0 aliphatic rings. The van der Waals surface area contributed by atoms with Gasteiger partial charge in [-0.25, -0.2) is 14.8 Å². The molecule has 1 unspecified atom stereocenters. The zero-order chi connectivity index (χ0) is 15.4. The quantitative estimate of drug-likeness (QED) is 0.878. The fourth-order valence-corrected chi connectivity index (χ4v) is 1.88. The second kappa shape index (κ2) is 6.30. The standard InChI is InChI=1S/C15H18N4O2/c1-9(2)14-17-8-12(13(19-14)15(20)21)18-10(3)11-6-4-5-7-16-11/h4-10,18H,1-3H3,(H,20,21). The molecule has 6 nitrogen and oxygen atoms in total. The number of aromatic nitrogens is 3. The molecule has 2 aromatic rings. The van der Waals surface area contributed by atoms with Crippen molar-refractivity contribution in [2.75, 3.05) is 5.32 Å². The van der Waals surface area contributed by atoms with Gasteiger partial charge in [-0.05, 0) is 19.1 Å². The van der Waals surface area contributed by atoms with Crippen molar-refractivity contribution in [3.05, 3.63) is 47.8 Å². The summed E-state index contributed by atoms with van der Waals surface area (Å²) in [6, 6.07) is 5.45. The minimum absolute atomic E-state index is 0.0171. The minimum atomic E-state index is -1.07. The molecule has 0 aliphatic carbocycles. The van der Waals surface area contributed by atoms with E-state index in [0.717, 1.165) is 5.69 Å². The lowest BCUT2D eigenvalue weighted by atomic mass is 10.2. The lowest BCUT2D eigenvalue weighted by molar-refractivity contribution is 0.0691. The van der Waals surface area contributed by atoms with Crippen LogP contribution < -0.4 is 5.32 Å². The molecule has 2 heterocycles. The molecule has 0 saturated heterocycles. The molecule has 2 N–H and O–H groups in total. The Morgan fingerprint density at radius 1 is 1.24 bits per heavy atom. The monoisotopic (exact) mass is 286 g/mol. The van der Waals surface area contributed by atoms with Crippen LogP contribution in [0.3, 0.4) is 0 Å². The Morgan fingerprint density at radius 2 is 2.00 bits per heavy atom. The zero-order valence-electron chi connectivity index (χ0n) is 12.2. The number of pyridine rings is 1. The predicted octanol–water partition coefficient (Wildman–Crippen LogP) is 2.87. The maximum absolute atomic E-state index is 11.4. The highest BCUT2D eigenvalue weighted by atomic mass is 16.4. The number of nitrogens with zero attached hydrogens (tertiary/aromatic N) is 3. The van der Waals surface area contributed by atoms with Gasteiger partial charge in [-0.3, -0.25) is 4.98 Å². The number of anilines is 1. The van der Waals surface area contributed by atoms with Gasteiger partial charge in [0, 0.05) is 12.1 Å². The van der Waals surface area contributed by atoms with Crippen LogP contribution in [-0.2, 0) is 0 Å². The van der Waals surface area contributed by atoms with Gasteiger partial charge < -0.3 is 10.4 Å². The van der Waals surface area contributed by atoms with Crippen LogP contribution in [0.4, 0.5) is 5.69 Å². The minimum Gasteiger partial charge on any atom is -0.476 e. The van der Waals surface area contributed by atoms with Crippen LogP contribution in [-0.4, -0.2) is 26.0 Å². The highest BCUT2D eigenvalue weighted by Crippen LogP contribution is 2.21. The summed E-state index contributed by atoms with van der Waals surface area (Å²) < 4.78 is 0. The number of nitrogens with one attached hydrogen (secondary N) is 1. The topological polar surface area (TPSA) is 88.0 Å². The summed E-state index contributed by atoms with van der Waals surface area (Å²) in [6.45, 7) is 5.75. The van der Waals surface area contributed by atoms with E-state index in [0.29, 0.717) is 11.5 Å². The Kier molecular flexibility index (Phi) is 4.47. The Morgan fingerprint density at radius 3 is 2.57 bits per heavy atom. The number of hydrogen-bond donors (Lipinski definition) is 2. The second-order valence-electron chi connectivity index (χ2n) is 5.07. The Hall–Kier alpha value is -2.50. The van der Waals surface area contributed by atoms with Crippen LogP contribution in [0.25, 0.3) is 0 Å². The lowest BCUT2D eigenvalue weighted by Gasteiger charge is -2.16.